The van der Waals surface area contributed by atoms with Gasteiger partial charge in [-0.1, -0.05) is 6.42 Å². The molecule has 1 aromatic rings. The van der Waals surface area contributed by atoms with E-state index in [4.69, 9.17) is 0 Å². The molecule has 0 N–H and O–H groups in total. The van der Waals surface area contributed by atoms with Crippen molar-refractivity contribution in [1.29, 1.82) is 0 Å². The molecular weight excluding hydrogens is 377 g/mol. The Labute approximate surface area is 128 Å². The van der Waals surface area contributed by atoms with Crippen LogP contribution >= 0.6 is 31.9 Å². The first kappa shape index (κ1) is 13.7. The molecule has 1 heterocycles. The van der Waals surface area contributed by atoms with E-state index >= 15 is 0 Å². The van der Waals surface area contributed by atoms with Crippen LogP contribution < -0.4 is 0 Å². The van der Waals surface area contributed by atoms with E-state index in [1.54, 1.807) is 6.07 Å². The fraction of sp³-hybridized carbons (Fsp3) is 0.500. The van der Waals surface area contributed by atoms with Crippen LogP contribution in [0, 0.1) is 5.82 Å². The van der Waals surface area contributed by atoms with E-state index < -0.39 is 0 Å². The normalized spacial score (nSPS) is 23.7. The lowest BCUT2D eigenvalue weighted by atomic mass is 10.1. The first-order valence-electron chi connectivity index (χ1n) is 6.54. The number of halogens is 3. The predicted octanol–water partition coefficient (Wildman–Crippen LogP) is 3.94. The average molecular weight is 391 g/mol. The van der Waals surface area contributed by atoms with Crippen LogP contribution in [-0.2, 0) is 6.42 Å². The molecular formula is C14H14Br2FNO. The number of Topliss-reactive ketones (excluding diaryl/α,β-unsaturated/α-hetero) is 1. The van der Waals surface area contributed by atoms with Gasteiger partial charge in [0.25, 0.3) is 0 Å². The van der Waals surface area contributed by atoms with Crippen LogP contribution in [-0.4, -0.2) is 29.8 Å². The minimum absolute atomic E-state index is 0.0650. The van der Waals surface area contributed by atoms with Crippen molar-refractivity contribution in [3.63, 3.8) is 0 Å². The Bertz CT molecular complexity index is 541. The van der Waals surface area contributed by atoms with Gasteiger partial charge in [-0.2, -0.15) is 0 Å². The number of fused-ring (bicyclic) bond motifs is 1. The highest BCUT2D eigenvalue weighted by atomic mass is 79.9. The van der Waals surface area contributed by atoms with Gasteiger partial charge < -0.3 is 0 Å². The van der Waals surface area contributed by atoms with Crippen molar-refractivity contribution in [2.75, 3.05) is 13.1 Å². The summed E-state index contributed by atoms with van der Waals surface area (Å²) in [5.41, 5.74) is 1.10. The second-order valence-electron chi connectivity index (χ2n) is 5.19. The van der Waals surface area contributed by atoms with Crippen LogP contribution in [0.15, 0.2) is 15.0 Å². The van der Waals surface area contributed by atoms with Crippen LogP contribution in [0.3, 0.4) is 0 Å². The molecule has 2 nitrogen and oxygen atoms in total. The lowest BCUT2D eigenvalue weighted by Gasteiger charge is -2.31. The fourth-order valence-corrected chi connectivity index (χ4v) is 4.52. The Hall–Kier alpha value is -0.260. The molecule has 0 bridgehead atoms. The minimum atomic E-state index is -0.286. The summed E-state index contributed by atoms with van der Waals surface area (Å²) in [6.07, 6.45) is 3.99. The molecule has 19 heavy (non-hydrogen) atoms. The van der Waals surface area contributed by atoms with Crippen molar-refractivity contribution >= 4 is 37.6 Å². The van der Waals surface area contributed by atoms with Crippen LogP contribution in [0.2, 0.25) is 0 Å². The Morgan fingerprint density at radius 2 is 1.84 bits per heavy atom. The lowest BCUT2D eigenvalue weighted by Crippen LogP contribution is -2.42. The van der Waals surface area contributed by atoms with Gasteiger partial charge in [0, 0.05) is 15.6 Å². The maximum atomic E-state index is 14.2. The van der Waals surface area contributed by atoms with Gasteiger partial charge in [-0.25, -0.2) is 4.39 Å². The fourth-order valence-electron chi connectivity index (χ4n) is 3.08. The van der Waals surface area contributed by atoms with Crippen molar-refractivity contribution in [2.24, 2.45) is 0 Å². The van der Waals surface area contributed by atoms with Gasteiger partial charge in [-0.3, -0.25) is 9.69 Å². The van der Waals surface area contributed by atoms with E-state index in [-0.39, 0.29) is 17.6 Å². The Morgan fingerprint density at radius 1 is 1.16 bits per heavy atom. The largest absolute Gasteiger partial charge is 0.293 e. The molecule has 1 aromatic carbocycles. The smallest absolute Gasteiger partial charge is 0.181 e. The highest BCUT2D eigenvalue weighted by Crippen LogP contribution is 2.37. The van der Waals surface area contributed by atoms with E-state index in [9.17, 15) is 9.18 Å². The molecule has 1 atom stereocenters. The summed E-state index contributed by atoms with van der Waals surface area (Å²) in [6.45, 7) is 1.90. The third-order valence-electron chi connectivity index (χ3n) is 4.05. The van der Waals surface area contributed by atoms with Crippen molar-refractivity contribution in [3.05, 3.63) is 32.0 Å². The van der Waals surface area contributed by atoms with Crippen molar-refractivity contribution < 1.29 is 9.18 Å². The predicted molar refractivity (Wildman–Crippen MR) is 79.0 cm³/mol. The molecule has 1 saturated heterocycles. The number of nitrogens with zero attached hydrogens (tertiary/aromatic N) is 1. The molecule has 1 fully saturated rings. The molecule has 3 rings (SSSR count). The second-order valence-corrected chi connectivity index (χ2v) is 6.90. The van der Waals surface area contributed by atoms with E-state index in [1.165, 1.54) is 6.42 Å². The van der Waals surface area contributed by atoms with Crippen molar-refractivity contribution in [2.45, 2.75) is 31.7 Å². The third kappa shape index (κ3) is 2.30. The van der Waals surface area contributed by atoms with Gasteiger partial charge in [0.1, 0.15) is 5.82 Å². The van der Waals surface area contributed by atoms with E-state index in [1.807, 2.05) is 0 Å². The maximum absolute atomic E-state index is 14.2. The van der Waals surface area contributed by atoms with E-state index in [0.717, 1.165) is 25.9 Å². The zero-order valence-corrected chi connectivity index (χ0v) is 13.6. The number of piperidine rings is 1. The summed E-state index contributed by atoms with van der Waals surface area (Å²) < 4.78 is 15.3. The molecule has 1 aliphatic heterocycles. The summed E-state index contributed by atoms with van der Waals surface area (Å²) in [7, 11) is 0. The van der Waals surface area contributed by atoms with Gasteiger partial charge in [-0.05, 0) is 70.3 Å². The number of carbonyl (C=O) groups is 1. The molecule has 1 aliphatic carbocycles. The molecule has 1 unspecified atom stereocenters. The Balaban J connectivity index is 1.97. The summed E-state index contributed by atoms with van der Waals surface area (Å²) in [5.74, 6) is -0.221. The zero-order valence-electron chi connectivity index (χ0n) is 10.4. The first-order valence-corrected chi connectivity index (χ1v) is 8.13. The molecule has 102 valence electrons. The number of ketones is 1. The minimum Gasteiger partial charge on any atom is -0.293 e. The molecule has 5 heteroatoms. The standard InChI is InChI=1S/C14H14Br2FNO/c15-9-7-10(16)13(17)8-6-11(14(19)12(8)9)18-4-2-1-3-5-18/h7,11H,1-6H2. The van der Waals surface area contributed by atoms with Crippen LogP contribution in [0.1, 0.15) is 35.2 Å². The van der Waals surface area contributed by atoms with Gasteiger partial charge in [0.2, 0.25) is 0 Å². The molecule has 0 aromatic heterocycles. The van der Waals surface area contributed by atoms with Gasteiger partial charge in [-0.15, -0.1) is 0 Å². The first-order chi connectivity index (χ1) is 9.09. The Kier molecular flexibility index (Phi) is 3.80. The van der Waals surface area contributed by atoms with Crippen molar-refractivity contribution in [3.8, 4) is 0 Å². The lowest BCUT2D eigenvalue weighted by molar-refractivity contribution is 0.0810. The average Bonchev–Trinajstić information content (AvgIpc) is 2.76. The van der Waals surface area contributed by atoms with E-state index in [2.05, 4.69) is 36.8 Å². The SMILES string of the molecule is O=C1c2c(Br)cc(Br)c(F)c2CC1N1CCCCC1. The zero-order chi connectivity index (χ0) is 13.6. The molecule has 0 spiro atoms. The third-order valence-corrected chi connectivity index (χ3v) is 5.25. The number of hydrogen-bond acceptors (Lipinski definition) is 2. The summed E-state index contributed by atoms with van der Waals surface area (Å²) in [5, 5.41) is 0. The number of benzene rings is 1. The highest BCUT2D eigenvalue weighted by Gasteiger charge is 2.38. The van der Waals surface area contributed by atoms with Crippen LogP contribution in [0.5, 0.6) is 0 Å². The van der Waals surface area contributed by atoms with E-state index in [0.29, 0.717) is 26.5 Å². The van der Waals surface area contributed by atoms with Gasteiger partial charge >= 0.3 is 0 Å². The summed E-state index contributed by atoms with van der Waals surface area (Å²) in [6, 6.07) is 1.46. The van der Waals surface area contributed by atoms with Crippen LogP contribution in [0.25, 0.3) is 0 Å². The number of carbonyl (C=O) groups excluding carboxylic acids is 1. The molecule has 2 aliphatic rings. The number of hydrogen-bond donors (Lipinski definition) is 0. The monoisotopic (exact) mass is 389 g/mol. The quantitative estimate of drug-likeness (QED) is 0.677. The number of likely N-dealkylation sites (tertiary alicyclic amines) is 1. The molecule has 0 saturated carbocycles. The second kappa shape index (κ2) is 5.26. The Morgan fingerprint density at radius 3 is 2.53 bits per heavy atom. The highest BCUT2D eigenvalue weighted by molar-refractivity contribution is 9.11. The summed E-state index contributed by atoms with van der Waals surface area (Å²) >= 11 is 6.59. The van der Waals surface area contributed by atoms with Gasteiger partial charge in [0.15, 0.2) is 5.78 Å². The summed E-state index contributed by atoms with van der Waals surface area (Å²) in [4.78, 5) is 14.7. The topological polar surface area (TPSA) is 20.3 Å². The maximum Gasteiger partial charge on any atom is 0.181 e. The molecule has 0 amide bonds. The van der Waals surface area contributed by atoms with Crippen LogP contribution in [0.4, 0.5) is 4.39 Å². The van der Waals surface area contributed by atoms with Crippen molar-refractivity contribution in [1.82, 2.24) is 4.90 Å². The molecule has 0 radical (unpaired) electrons. The number of rotatable bonds is 1. The van der Waals surface area contributed by atoms with Gasteiger partial charge in [0.05, 0.1) is 10.5 Å².